The van der Waals surface area contributed by atoms with Gasteiger partial charge in [0.1, 0.15) is 11.1 Å². The van der Waals surface area contributed by atoms with E-state index in [0.717, 1.165) is 24.3 Å². The molecule has 1 heterocycles. The number of rotatable bonds is 8. The fraction of sp³-hybridized carbons (Fsp3) is 0.167. The lowest BCUT2D eigenvalue weighted by Crippen LogP contribution is -2.49. The Kier molecular flexibility index (Phi) is 8.51. The minimum atomic E-state index is -4.57. The molecule has 7 N–H and O–H groups in total. The van der Waals surface area contributed by atoms with Crippen LogP contribution in [-0.2, 0) is 24.1 Å². The van der Waals surface area contributed by atoms with Crippen LogP contribution < -0.4 is 21.9 Å². The number of pyridine rings is 1. The number of aromatic hydroxyl groups is 2. The first-order chi connectivity index (χ1) is 18.2. The van der Waals surface area contributed by atoms with Crippen LogP contribution >= 0.6 is 11.6 Å². The predicted molar refractivity (Wildman–Crippen MR) is 130 cm³/mol. The van der Waals surface area contributed by atoms with E-state index in [-0.39, 0.29) is 22.7 Å². The Morgan fingerprint density at radius 1 is 1.00 bits per heavy atom. The Hall–Kier alpha value is -4.56. The molecule has 0 aliphatic rings. The number of nitrogens with two attached hydrogens (primary N) is 1. The topological polar surface area (TPSA) is 184 Å². The van der Waals surface area contributed by atoms with E-state index in [2.05, 4.69) is 5.32 Å². The number of nitrogens with zero attached hydrogens (tertiary/aromatic N) is 1. The molecule has 0 fully saturated rings. The second kappa shape index (κ2) is 11.4. The van der Waals surface area contributed by atoms with Crippen LogP contribution in [0.3, 0.4) is 0 Å². The van der Waals surface area contributed by atoms with E-state index in [4.69, 9.17) is 22.4 Å². The van der Waals surface area contributed by atoms with Crippen LogP contribution in [0.25, 0.3) is 0 Å². The van der Waals surface area contributed by atoms with Crippen molar-refractivity contribution in [1.82, 2.24) is 15.2 Å². The zero-order valence-corrected chi connectivity index (χ0v) is 20.4. The number of halogens is 4. The molecule has 0 bridgehead atoms. The van der Waals surface area contributed by atoms with Gasteiger partial charge in [-0.15, -0.1) is 0 Å². The van der Waals surface area contributed by atoms with Crippen LogP contribution in [-0.4, -0.2) is 43.8 Å². The van der Waals surface area contributed by atoms with Crippen LogP contribution in [0.2, 0.25) is 5.02 Å². The Balaban J connectivity index is 2.04. The number of benzene rings is 2. The Labute approximate surface area is 222 Å². The number of hydrogen-bond acceptors (Lipinski definition) is 7. The minimum absolute atomic E-state index is 0.157. The molecule has 1 unspecified atom stereocenters. The van der Waals surface area contributed by atoms with Crippen molar-refractivity contribution in [3.8, 4) is 11.6 Å². The fourth-order valence-electron chi connectivity index (χ4n) is 3.41. The highest BCUT2D eigenvalue weighted by molar-refractivity contribution is 6.31. The van der Waals surface area contributed by atoms with Crippen molar-refractivity contribution in [2.45, 2.75) is 25.4 Å². The number of aliphatic carboxylic acids is 1. The molecule has 0 spiro atoms. The van der Waals surface area contributed by atoms with Gasteiger partial charge >= 0.3 is 12.1 Å². The highest BCUT2D eigenvalue weighted by Crippen LogP contribution is 2.31. The van der Waals surface area contributed by atoms with E-state index in [1.165, 1.54) is 12.1 Å². The van der Waals surface area contributed by atoms with Gasteiger partial charge in [-0.05, 0) is 29.3 Å². The number of carbonyl (C=O) groups is 3. The van der Waals surface area contributed by atoms with Crippen molar-refractivity contribution in [1.29, 1.82) is 0 Å². The Morgan fingerprint density at radius 3 is 2.18 bits per heavy atom. The average molecular weight is 569 g/mol. The average Bonchev–Trinajstić information content (AvgIpc) is 2.86. The number of carbonyl (C=O) groups excluding carboxylic acids is 2. The number of aromatic nitrogens is 1. The number of hydrogen-bond donors (Lipinski definition) is 6. The molecule has 206 valence electrons. The van der Waals surface area contributed by atoms with Gasteiger partial charge in [-0.2, -0.15) is 13.2 Å². The summed E-state index contributed by atoms with van der Waals surface area (Å²) in [6.07, 6.45) is -6.56. The number of carboxylic acids is 1. The Morgan fingerprint density at radius 2 is 1.62 bits per heavy atom. The van der Waals surface area contributed by atoms with Gasteiger partial charge in [-0.1, -0.05) is 41.9 Å². The molecule has 3 aromatic rings. The number of nitrogens with one attached hydrogen (secondary N) is 2. The van der Waals surface area contributed by atoms with E-state index in [1.807, 2.05) is 0 Å². The molecular weight excluding hydrogens is 549 g/mol. The molecule has 11 nitrogen and oxygen atoms in total. The van der Waals surface area contributed by atoms with E-state index in [0.29, 0.717) is 4.57 Å². The largest absolute Gasteiger partial charge is 0.506 e. The predicted octanol–water partition coefficient (Wildman–Crippen LogP) is 2.01. The van der Waals surface area contributed by atoms with Crippen LogP contribution in [0.5, 0.6) is 11.6 Å². The lowest BCUT2D eigenvalue weighted by molar-refractivity contribution is -0.139. The summed E-state index contributed by atoms with van der Waals surface area (Å²) < 4.78 is 38.9. The maximum atomic E-state index is 13.1. The lowest BCUT2D eigenvalue weighted by atomic mass is 10.1. The van der Waals surface area contributed by atoms with Crippen molar-refractivity contribution in [3.63, 3.8) is 0 Å². The second-order valence-corrected chi connectivity index (χ2v) is 8.48. The third-order valence-corrected chi connectivity index (χ3v) is 5.81. The van der Waals surface area contributed by atoms with Gasteiger partial charge in [-0.3, -0.25) is 19.0 Å². The molecule has 15 heteroatoms. The van der Waals surface area contributed by atoms with Crippen LogP contribution in [0.4, 0.5) is 13.2 Å². The maximum Gasteiger partial charge on any atom is 0.416 e. The van der Waals surface area contributed by atoms with Gasteiger partial charge in [0.05, 0.1) is 12.1 Å². The Bertz CT molecular complexity index is 1490. The first kappa shape index (κ1) is 29.0. The maximum absolute atomic E-state index is 13.1. The summed E-state index contributed by atoms with van der Waals surface area (Å²) in [4.78, 5) is 49.8. The number of carboxylic acid groups (broad SMARTS) is 1. The highest BCUT2D eigenvalue weighted by atomic mass is 35.5. The summed E-state index contributed by atoms with van der Waals surface area (Å²) in [6, 6.07) is 9.84. The van der Waals surface area contributed by atoms with E-state index < -0.39 is 70.5 Å². The summed E-state index contributed by atoms with van der Waals surface area (Å²) in [5.41, 5.74) is 1.49. The van der Waals surface area contributed by atoms with Gasteiger partial charge < -0.3 is 31.7 Å². The van der Waals surface area contributed by atoms with E-state index in [1.54, 1.807) is 17.4 Å². The van der Waals surface area contributed by atoms with Gasteiger partial charge in [-0.25, -0.2) is 4.79 Å². The van der Waals surface area contributed by atoms with Crippen molar-refractivity contribution in [2.75, 3.05) is 0 Å². The molecule has 3 rings (SSSR count). The molecule has 0 saturated carbocycles. The minimum Gasteiger partial charge on any atom is -0.506 e. The first-order valence-electron chi connectivity index (χ1n) is 10.9. The highest BCUT2D eigenvalue weighted by Gasteiger charge is 2.32. The fourth-order valence-corrected chi connectivity index (χ4v) is 3.61. The summed E-state index contributed by atoms with van der Waals surface area (Å²) >= 11 is 6.12. The van der Waals surface area contributed by atoms with Crippen LogP contribution in [0, 0.1) is 0 Å². The van der Waals surface area contributed by atoms with Crippen molar-refractivity contribution >= 4 is 29.4 Å². The van der Waals surface area contributed by atoms with Gasteiger partial charge in [0.15, 0.2) is 11.9 Å². The number of amides is 2. The zero-order chi connectivity index (χ0) is 29.1. The van der Waals surface area contributed by atoms with Gasteiger partial charge in [0, 0.05) is 11.6 Å². The molecule has 1 atom stereocenters. The van der Waals surface area contributed by atoms with Gasteiger partial charge in [0.25, 0.3) is 17.4 Å². The summed E-state index contributed by atoms with van der Waals surface area (Å²) in [5, 5.41) is 34.6. The molecule has 2 amide bonds. The molecular formula is C24H20ClF3N4O7. The van der Waals surface area contributed by atoms with Crippen LogP contribution in [0.15, 0.2) is 53.3 Å². The van der Waals surface area contributed by atoms with Gasteiger partial charge in [0.2, 0.25) is 5.88 Å². The monoisotopic (exact) mass is 568 g/mol. The lowest BCUT2D eigenvalue weighted by Gasteiger charge is -2.18. The second-order valence-electron chi connectivity index (χ2n) is 8.07. The first-order valence-corrected chi connectivity index (χ1v) is 11.3. The third kappa shape index (κ3) is 6.48. The smallest absolute Gasteiger partial charge is 0.416 e. The van der Waals surface area contributed by atoms with Crippen molar-refractivity contribution < 1.29 is 42.9 Å². The molecule has 1 aromatic heterocycles. The number of alkyl halides is 3. The van der Waals surface area contributed by atoms with Crippen LogP contribution in [0.1, 0.15) is 37.4 Å². The quantitative estimate of drug-likeness (QED) is 0.223. The molecule has 0 saturated heterocycles. The molecule has 0 aliphatic carbocycles. The summed E-state index contributed by atoms with van der Waals surface area (Å²) in [7, 11) is 0. The third-order valence-electron chi connectivity index (χ3n) is 5.44. The standard InChI is InChI=1S/C24H20ClF3N4O7/c25-14-4-2-1-3-12(14)10-32-21(36)15(17(33)16(22(32)37)20(35)31-18(29)23(38)39)19(34)30-9-11-5-7-13(8-6-11)24(26,27)28/h1-8,18,33,36H,9-10,29H2,(H,30,34)(H,31,35)(H,38,39). The van der Waals surface area contributed by atoms with E-state index in [9.17, 15) is 42.6 Å². The summed E-state index contributed by atoms with van der Waals surface area (Å²) in [5.74, 6) is -6.70. The molecule has 2 aromatic carbocycles. The molecule has 0 aliphatic heterocycles. The zero-order valence-electron chi connectivity index (χ0n) is 19.6. The summed E-state index contributed by atoms with van der Waals surface area (Å²) in [6.45, 7) is -0.847. The molecule has 0 radical (unpaired) electrons. The molecule has 39 heavy (non-hydrogen) atoms. The van der Waals surface area contributed by atoms with E-state index >= 15 is 0 Å². The normalized spacial score (nSPS) is 12.0. The SMILES string of the molecule is NC(NC(=O)c1c(O)c(C(=O)NCc2ccc(C(F)(F)F)cc2)c(O)n(Cc2ccccc2Cl)c1=O)C(=O)O. The van der Waals surface area contributed by atoms with Crippen molar-refractivity contribution in [2.24, 2.45) is 5.73 Å². The van der Waals surface area contributed by atoms with Crippen molar-refractivity contribution in [3.05, 3.63) is 91.7 Å².